The van der Waals surface area contributed by atoms with Crippen molar-refractivity contribution in [2.75, 3.05) is 0 Å². The Bertz CT molecular complexity index is 605. The molecule has 0 aliphatic heterocycles. The third kappa shape index (κ3) is 2.11. The van der Waals surface area contributed by atoms with Crippen molar-refractivity contribution in [3.8, 4) is 5.88 Å². The first-order valence-corrected chi connectivity index (χ1v) is 8.02. The second-order valence-corrected chi connectivity index (χ2v) is 7.84. The lowest BCUT2D eigenvalue weighted by Gasteiger charge is -2.38. The molecule has 1 N–H and O–H groups in total. The molecule has 0 aromatic carbocycles. The average molecular weight is 290 g/mol. The van der Waals surface area contributed by atoms with Crippen molar-refractivity contribution < 1.29 is 4.74 Å². The van der Waals surface area contributed by atoms with E-state index < -0.39 is 0 Å². The monoisotopic (exact) mass is 290 g/mol. The number of ether oxygens (including phenoxy) is 1. The van der Waals surface area contributed by atoms with Gasteiger partial charge in [0, 0.05) is 11.3 Å². The Balaban J connectivity index is 1.87. The summed E-state index contributed by atoms with van der Waals surface area (Å²) in [6, 6.07) is 1.48. The van der Waals surface area contributed by atoms with Crippen LogP contribution in [-0.2, 0) is 0 Å². The maximum absolute atomic E-state index is 11.8. The molecule has 4 heteroatoms. The molecule has 2 aliphatic carbocycles. The molecule has 2 saturated carbocycles. The van der Waals surface area contributed by atoms with Crippen LogP contribution in [-0.4, -0.2) is 16.1 Å². The van der Waals surface area contributed by atoms with Crippen LogP contribution in [0.5, 0.6) is 5.88 Å². The number of rotatable bonds is 3. The standard InChI is InChI=1S/C17H26N2O2/c1-10(2)15-18-13(20)9-14(19-15)21-12-8-11-6-7-17(12,5)16(11,3)4/h9-12H,6-8H2,1-5H3,(H,18,19,20). The van der Waals surface area contributed by atoms with Crippen molar-refractivity contribution in [1.29, 1.82) is 0 Å². The van der Waals surface area contributed by atoms with Gasteiger partial charge in [0.05, 0.1) is 6.07 Å². The fraction of sp³-hybridized carbons (Fsp3) is 0.765. The van der Waals surface area contributed by atoms with Crippen LogP contribution in [0.15, 0.2) is 10.9 Å². The normalized spacial score (nSPS) is 33.6. The van der Waals surface area contributed by atoms with Crippen LogP contribution in [0.2, 0.25) is 0 Å². The van der Waals surface area contributed by atoms with Gasteiger partial charge >= 0.3 is 0 Å². The van der Waals surface area contributed by atoms with E-state index in [4.69, 9.17) is 4.74 Å². The fourth-order valence-electron chi connectivity index (χ4n) is 4.24. The Hall–Kier alpha value is -1.32. The van der Waals surface area contributed by atoms with Crippen molar-refractivity contribution in [3.63, 3.8) is 0 Å². The second-order valence-electron chi connectivity index (χ2n) is 7.84. The van der Waals surface area contributed by atoms with Gasteiger partial charge in [0.15, 0.2) is 0 Å². The molecule has 0 amide bonds. The number of hydrogen-bond donors (Lipinski definition) is 1. The van der Waals surface area contributed by atoms with Gasteiger partial charge in [0.25, 0.3) is 5.56 Å². The summed E-state index contributed by atoms with van der Waals surface area (Å²) in [5.41, 5.74) is 0.357. The zero-order valence-corrected chi connectivity index (χ0v) is 13.7. The molecular weight excluding hydrogens is 264 g/mol. The number of aromatic nitrogens is 2. The predicted molar refractivity (Wildman–Crippen MR) is 82.6 cm³/mol. The molecule has 0 saturated heterocycles. The number of fused-ring (bicyclic) bond motifs is 2. The van der Waals surface area contributed by atoms with E-state index in [-0.39, 0.29) is 23.0 Å². The summed E-state index contributed by atoms with van der Waals surface area (Å²) in [5, 5.41) is 0. The molecule has 1 aromatic rings. The molecule has 2 bridgehead atoms. The Morgan fingerprint density at radius 1 is 1.38 bits per heavy atom. The van der Waals surface area contributed by atoms with Gasteiger partial charge < -0.3 is 9.72 Å². The van der Waals surface area contributed by atoms with E-state index in [9.17, 15) is 4.79 Å². The van der Waals surface area contributed by atoms with Gasteiger partial charge in [0.2, 0.25) is 5.88 Å². The van der Waals surface area contributed by atoms with Crippen molar-refractivity contribution in [1.82, 2.24) is 9.97 Å². The van der Waals surface area contributed by atoms with E-state index in [1.807, 2.05) is 13.8 Å². The van der Waals surface area contributed by atoms with Gasteiger partial charge in [-0.25, -0.2) is 0 Å². The highest BCUT2D eigenvalue weighted by atomic mass is 16.5. The Morgan fingerprint density at radius 3 is 2.62 bits per heavy atom. The Kier molecular flexibility index (Phi) is 3.19. The van der Waals surface area contributed by atoms with Crippen LogP contribution in [0.4, 0.5) is 0 Å². The summed E-state index contributed by atoms with van der Waals surface area (Å²) in [6.07, 6.45) is 3.74. The lowest BCUT2D eigenvalue weighted by Crippen LogP contribution is -2.39. The minimum atomic E-state index is -0.128. The first-order valence-electron chi connectivity index (χ1n) is 8.02. The smallest absolute Gasteiger partial charge is 0.254 e. The van der Waals surface area contributed by atoms with Gasteiger partial charge in [0.1, 0.15) is 11.9 Å². The number of hydrogen-bond acceptors (Lipinski definition) is 3. The van der Waals surface area contributed by atoms with Crippen molar-refractivity contribution >= 4 is 0 Å². The second kappa shape index (κ2) is 4.59. The highest BCUT2D eigenvalue weighted by Gasteiger charge is 2.62. The zero-order chi connectivity index (χ0) is 15.4. The predicted octanol–water partition coefficient (Wildman–Crippen LogP) is 3.49. The van der Waals surface area contributed by atoms with Gasteiger partial charge in [-0.3, -0.25) is 4.79 Å². The van der Waals surface area contributed by atoms with Gasteiger partial charge in [-0.1, -0.05) is 34.6 Å². The summed E-state index contributed by atoms with van der Waals surface area (Å²) >= 11 is 0. The maximum Gasteiger partial charge on any atom is 0.254 e. The topological polar surface area (TPSA) is 55.0 Å². The average Bonchev–Trinajstić information content (AvgIpc) is 2.71. The summed E-state index contributed by atoms with van der Waals surface area (Å²) < 4.78 is 6.19. The largest absolute Gasteiger partial charge is 0.474 e. The van der Waals surface area contributed by atoms with Gasteiger partial charge in [-0.15, -0.1) is 0 Å². The molecule has 3 unspecified atom stereocenters. The number of nitrogens with one attached hydrogen (secondary N) is 1. The summed E-state index contributed by atoms with van der Waals surface area (Å²) in [7, 11) is 0. The molecule has 4 nitrogen and oxygen atoms in total. The van der Waals surface area contributed by atoms with E-state index in [1.54, 1.807) is 0 Å². The summed E-state index contributed by atoms with van der Waals surface area (Å²) in [6.45, 7) is 11.1. The lowest BCUT2D eigenvalue weighted by atomic mass is 9.70. The van der Waals surface area contributed by atoms with Crippen LogP contribution in [0, 0.1) is 16.7 Å². The van der Waals surface area contributed by atoms with Crippen LogP contribution in [0.25, 0.3) is 0 Å². The minimum absolute atomic E-state index is 0.128. The number of H-pyrrole nitrogens is 1. The van der Waals surface area contributed by atoms with Crippen LogP contribution in [0.3, 0.4) is 0 Å². The molecule has 1 heterocycles. The highest BCUT2D eigenvalue weighted by molar-refractivity contribution is 5.16. The first kappa shape index (κ1) is 14.6. The molecule has 116 valence electrons. The summed E-state index contributed by atoms with van der Waals surface area (Å²) in [4.78, 5) is 19.0. The van der Waals surface area contributed by atoms with Gasteiger partial charge in [-0.2, -0.15) is 4.98 Å². The highest BCUT2D eigenvalue weighted by Crippen LogP contribution is 2.66. The number of nitrogens with zero attached hydrogens (tertiary/aromatic N) is 1. The van der Waals surface area contributed by atoms with Crippen LogP contribution < -0.4 is 10.3 Å². The van der Waals surface area contributed by atoms with E-state index in [2.05, 4.69) is 30.7 Å². The third-order valence-corrected chi connectivity index (χ3v) is 6.26. The van der Waals surface area contributed by atoms with Crippen molar-refractivity contribution in [2.24, 2.45) is 16.7 Å². The quantitative estimate of drug-likeness (QED) is 0.927. The molecule has 3 rings (SSSR count). The fourth-order valence-corrected chi connectivity index (χ4v) is 4.24. The van der Waals surface area contributed by atoms with E-state index in [0.717, 1.165) is 12.3 Å². The Labute approximate surface area is 126 Å². The summed E-state index contributed by atoms with van der Waals surface area (Å²) in [5.74, 6) is 2.09. The van der Waals surface area contributed by atoms with E-state index in [0.29, 0.717) is 17.1 Å². The molecule has 0 spiro atoms. The zero-order valence-electron chi connectivity index (χ0n) is 13.7. The molecule has 2 aliphatic rings. The SMILES string of the molecule is CC(C)c1nc(OC2CC3CCC2(C)C3(C)C)cc(=O)[nH]1. The van der Waals surface area contributed by atoms with Crippen LogP contribution in [0.1, 0.15) is 65.6 Å². The first-order chi connectivity index (χ1) is 9.74. The Morgan fingerprint density at radius 2 is 2.10 bits per heavy atom. The molecule has 21 heavy (non-hydrogen) atoms. The van der Waals surface area contributed by atoms with Crippen LogP contribution >= 0.6 is 0 Å². The minimum Gasteiger partial charge on any atom is -0.474 e. The molecular formula is C17H26N2O2. The number of aromatic amines is 1. The molecule has 2 fully saturated rings. The molecule has 3 atom stereocenters. The molecule has 0 radical (unpaired) electrons. The van der Waals surface area contributed by atoms with Crippen molar-refractivity contribution in [2.45, 2.75) is 65.9 Å². The maximum atomic E-state index is 11.8. The lowest BCUT2D eigenvalue weighted by molar-refractivity contribution is 0.0270. The third-order valence-electron chi connectivity index (χ3n) is 6.26. The van der Waals surface area contributed by atoms with Crippen molar-refractivity contribution in [3.05, 3.63) is 22.2 Å². The van der Waals surface area contributed by atoms with E-state index in [1.165, 1.54) is 18.9 Å². The molecule has 1 aromatic heterocycles. The van der Waals surface area contributed by atoms with E-state index >= 15 is 0 Å². The van der Waals surface area contributed by atoms with Gasteiger partial charge in [-0.05, 0) is 30.6 Å².